The van der Waals surface area contributed by atoms with Crippen molar-refractivity contribution in [2.45, 2.75) is 19.8 Å². The van der Waals surface area contributed by atoms with Gasteiger partial charge in [0.15, 0.2) is 0 Å². The van der Waals surface area contributed by atoms with Crippen LogP contribution in [0.25, 0.3) is 0 Å². The van der Waals surface area contributed by atoms with Gasteiger partial charge in [-0.1, -0.05) is 5.92 Å². The van der Waals surface area contributed by atoms with E-state index in [-0.39, 0.29) is 12.4 Å². The third-order valence-electron chi connectivity index (χ3n) is 1.20. The van der Waals surface area contributed by atoms with Crippen LogP contribution in [0.2, 0.25) is 0 Å². The summed E-state index contributed by atoms with van der Waals surface area (Å²) in [6, 6.07) is 0. The largest absolute Gasteiger partial charge is 0.268 e. The second-order valence-electron chi connectivity index (χ2n) is 2.26. The maximum atomic E-state index is 11.0. The first-order valence-electron chi connectivity index (χ1n) is 3.82. The van der Waals surface area contributed by atoms with Crippen molar-refractivity contribution in [1.29, 1.82) is 0 Å². The summed E-state index contributed by atoms with van der Waals surface area (Å²) in [6.45, 7) is 1.54. The smallest absolute Gasteiger partial charge is 0.257 e. The van der Waals surface area contributed by atoms with E-state index in [9.17, 15) is 8.42 Å². The summed E-state index contributed by atoms with van der Waals surface area (Å²) in [5.74, 6) is 7.36. The average molecular weight is 200 g/mol. The highest BCUT2D eigenvalue weighted by atomic mass is 32.2. The molecule has 0 bridgehead atoms. The first-order valence-corrected chi connectivity index (χ1v) is 5.40. The standard InChI is InChI=1S/C9H12O3S/c1-3-5-7-9-13(10,11)12-8-6-4-2/h1H,5,7-9H2,2H3. The summed E-state index contributed by atoms with van der Waals surface area (Å²) < 4.78 is 26.6. The van der Waals surface area contributed by atoms with Crippen LogP contribution in [0.5, 0.6) is 0 Å². The van der Waals surface area contributed by atoms with Crippen molar-refractivity contribution in [3.63, 3.8) is 0 Å². The molecule has 0 saturated carbocycles. The van der Waals surface area contributed by atoms with Crippen LogP contribution in [0.4, 0.5) is 0 Å². The fourth-order valence-corrected chi connectivity index (χ4v) is 1.46. The molecule has 72 valence electrons. The fourth-order valence-electron chi connectivity index (χ4n) is 0.601. The zero-order chi connectivity index (χ0) is 10.2. The van der Waals surface area contributed by atoms with Gasteiger partial charge in [0.1, 0.15) is 6.61 Å². The lowest BCUT2D eigenvalue weighted by atomic mass is 10.4. The molecule has 3 nitrogen and oxygen atoms in total. The Morgan fingerprint density at radius 2 is 2.15 bits per heavy atom. The van der Waals surface area contributed by atoms with Gasteiger partial charge in [0.25, 0.3) is 10.1 Å². The van der Waals surface area contributed by atoms with Gasteiger partial charge in [-0.2, -0.15) is 8.42 Å². The Balaban J connectivity index is 3.80. The predicted octanol–water partition coefficient (Wildman–Crippen LogP) is 0.770. The molecule has 0 atom stereocenters. The second kappa shape index (κ2) is 6.54. The highest BCUT2D eigenvalue weighted by molar-refractivity contribution is 7.86. The SMILES string of the molecule is C#CCCCS(=O)(=O)OCC#CC. The molecule has 0 aromatic carbocycles. The van der Waals surface area contributed by atoms with Gasteiger partial charge in [0.05, 0.1) is 5.75 Å². The van der Waals surface area contributed by atoms with E-state index >= 15 is 0 Å². The summed E-state index contributed by atoms with van der Waals surface area (Å²) in [4.78, 5) is 0. The second-order valence-corrected chi connectivity index (χ2v) is 4.02. The summed E-state index contributed by atoms with van der Waals surface area (Å²) in [5, 5.41) is 0. The van der Waals surface area contributed by atoms with Crippen LogP contribution in [0.1, 0.15) is 19.8 Å². The Hall–Kier alpha value is -0.970. The normalized spacial score (nSPS) is 9.85. The Labute approximate surface area is 79.6 Å². The van der Waals surface area contributed by atoms with E-state index in [0.29, 0.717) is 12.8 Å². The van der Waals surface area contributed by atoms with E-state index in [1.54, 1.807) is 6.92 Å². The minimum absolute atomic E-state index is 0.0391. The number of unbranched alkanes of at least 4 members (excludes halogenated alkanes) is 1. The minimum Gasteiger partial charge on any atom is -0.257 e. The van der Waals surface area contributed by atoms with Crippen LogP contribution in [0, 0.1) is 24.2 Å². The quantitative estimate of drug-likeness (QED) is 0.374. The van der Waals surface area contributed by atoms with Crippen molar-refractivity contribution < 1.29 is 12.6 Å². The van der Waals surface area contributed by atoms with Crippen LogP contribution < -0.4 is 0 Å². The molecule has 0 unspecified atom stereocenters. The van der Waals surface area contributed by atoms with Crippen molar-refractivity contribution in [1.82, 2.24) is 0 Å². The first-order chi connectivity index (χ1) is 6.12. The molecule has 0 aliphatic heterocycles. The van der Waals surface area contributed by atoms with Crippen LogP contribution in [0.3, 0.4) is 0 Å². The van der Waals surface area contributed by atoms with Gasteiger partial charge in [0.2, 0.25) is 0 Å². The van der Waals surface area contributed by atoms with Crippen LogP contribution in [-0.2, 0) is 14.3 Å². The summed E-state index contributed by atoms with van der Waals surface area (Å²) >= 11 is 0. The van der Waals surface area contributed by atoms with Crippen molar-refractivity contribution in [3.05, 3.63) is 0 Å². The van der Waals surface area contributed by atoms with Gasteiger partial charge < -0.3 is 0 Å². The number of rotatable bonds is 5. The molecule has 0 heterocycles. The van der Waals surface area contributed by atoms with Gasteiger partial charge in [-0.15, -0.1) is 18.3 Å². The van der Waals surface area contributed by atoms with E-state index in [4.69, 9.17) is 6.42 Å². The maximum Gasteiger partial charge on any atom is 0.268 e. The van der Waals surface area contributed by atoms with E-state index in [0.717, 1.165) is 0 Å². The minimum atomic E-state index is -3.42. The first kappa shape index (κ1) is 12.0. The third-order valence-corrected chi connectivity index (χ3v) is 2.47. The molecule has 0 saturated heterocycles. The maximum absolute atomic E-state index is 11.0. The Morgan fingerprint density at radius 3 is 2.69 bits per heavy atom. The molecular weight excluding hydrogens is 188 g/mol. The predicted molar refractivity (Wildman–Crippen MR) is 51.3 cm³/mol. The van der Waals surface area contributed by atoms with E-state index in [1.165, 1.54) is 0 Å². The summed E-state index contributed by atoms with van der Waals surface area (Å²) in [6.07, 6.45) is 5.85. The van der Waals surface area contributed by atoms with Crippen molar-refractivity contribution >= 4 is 10.1 Å². The summed E-state index contributed by atoms with van der Waals surface area (Å²) in [7, 11) is -3.42. The Morgan fingerprint density at radius 1 is 1.46 bits per heavy atom. The van der Waals surface area contributed by atoms with Crippen molar-refractivity contribution in [3.8, 4) is 24.2 Å². The molecule has 0 aliphatic carbocycles. The third kappa shape index (κ3) is 7.39. The fraction of sp³-hybridized carbons (Fsp3) is 0.556. The van der Waals surface area contributed by atoms with Crippen LogP contribution in [-0.4, -0.2) is 20.8 Å². The van der Waals surface area contributed by atoms with Crippen LogP contribution in [0.15, 0.2) is 0 Å². The number of hydrogen-bond acceptors (Lipinski definition) is 3. The Kier molecular flexibility index (Phi) is 6.05. The lowest BCUT2D eigenvalue weighted by molar-refractivity contribution is 0.362. The van der Waals surface area contributed by atoms with E-state index in [1.807, 2.05) is 0 Å². The highest BCUT2D eigenvalue weighted by Gasteiger charge is 2.08. The van der Waals surface area contributed by atoms with Gasteiger partial charge >= 0.3 is 0 Å². The molecule has 0 N–H and O–H groups in total. The van der Waals surface area contributed by atoms with Crippen LogP contribution >= 0.6 is 0 Å². The highest BCUT2D eigenvalue weighted by Crippen LogP contribution is 1.97. The van der Waals surface area contributed by atoms with Crippen molar-refractivity contribution in [2.75, 3.05) is 12.4 Å². The molecule has 0 aromatic heterocycles. The van der Waals surface area contributed by atoms with E-state index in [2.05, 4.69) is 21.9 Å². The lowest BCUT2D eigenvalue weighted by Gasteiger charge is -1.99. The van der Waals surface area contributed by atoms with E-state index < -0.39 is 10.1 Å². The monoisotopic (exact) mass is 200 g/mol. The van der Waals surface area contributed by atoms with Gasteiger partial charge in [-0.25, -0.2) is 0 Å². The Bertz CT molecular complexity index is 324. The molecule has 0 aromatic rings. The number of hydrogen-bond donors (Lipinski definition) is 0. The van der Waals surface area contributed by atoms with Crippen molar-refractivity contribution in [2.24, 2.45) is 0 Å². The molecule has 0 fully saturated rings. The molecule has 0 aliphatic rings. The van der Waals surface area contributed by atoms with Gasteiger partial charge in [-0.3, -0.25) is 4.18 Å². The molecule has 0 radical (unpaired) electrons. The van der Waals surface area contributed by atoms with Gasteiger partial charge in [-0.05, 0) is 13.3 Å². The summed E-state index contributed by atoms with van der Waals surface area (Å²) in [5.41, 5.74) is 0. The molecule has 4 heteroatoms. The molecule has 0 amide bonds. The average Bonchev–Trinajstić information content (AvgIpc) is 2.05. The van der Waals surface area contributed by atoms with Gasteiger partial charge in [0, 0.05) is 6.42 Å². The molecule has 0 spiro atoms. The molecule has 13 heavy (non-hydrogen) atoms. The zero-order valence-electron chi connectivity index (χ0n) is 7.54. The molecule has 0 rings (SSSR count). The molecular formula is C9H12O3S. The number of terminal acetylenes is 1. The topological polar surface area (TPSA) is 43.4 Å². The lowest BCUT2D eigenvalue weighted by Crippen LogP contribution is -2.10. The zero-order valence-corrected chi connectivity index (χ0v) is 8.36.